The molecule has 0 heterocycles. The maximum Gasteiger partial charge on any atom is 0.238 e. The third-order valence-corrected chi connectivity index (χ3v) is 2.99. The lowest BCUT2D eigenvalue weighted by molar-refractivity contribution is 0.217. The van der Waals surface area contributed by atoms with Gasteiger partial charge < -0.3 is 4.74 Å². The van der Waals surface area contributed by atoms with E-state index in [0.717, 1.165) is 6.42 Å². The van der Waals surface area contributed by atoms with Crippen LogP contribution in [0, 0.1) is 0 Å². The summed E-state index contributed by atoms with van der Waals surface area (Å²) < 4.78 is 27.4. The number of benzene rings is 1. The van der Waals surface area contributed by atoms with Gasteiger partial charge in [-0.1, -0.05) is 6.92 Å². The van der Waals surface area contributed by atoms with Crippen molar-refractivity contribution in [3.05, 3.63) is 24.3 Å². The van der Waals surface area contributed by atoms with Crippen molar-refractivity contribution in [3.63, 3.8) is 0 Å². The van der Waals surface area contributed by atoms with E-state index in [-0.39, 0.29) is 24.5 Å². The Balaban J connectivity index is 0.00000225. The van der Waals surface area contributed by atoms with Crippen LogP contribution in [0.25, 0.3) is 0 Å². The average Bonchev–Trinajstić information content (AvgIpc) is 2.17. The molecule has 1 aromatic rings. The Morgan fingerprint density at radius 3 is 2.19 bits per heavy atom. The van der Waals surface area contributed by atoms with Crippen LogP contribution in [0.3, 0.4) is 0 Å². The molecule has 2 N–H and O–H groups in total. The van der Waals surface area contributed by atoms with Gasteiger partial charge in [-0.3, -0.25) is 0 Å². The van der Waals surface area contributed by atoms with Gasteiger partial charge in [0, 0.05) is 0 Å². The lowest BCUT2D eigenvalue weighted by Gasteiger charge is -2.12. The van der Waals surface area contributed by atoms with Crippen LogP contribution in [0.2, 0.25) is 0 Å². The SMILES string of the molecule is CC[C@H](C)Oc1ccc(S(N)(=O)=O)cc1.S. The fourth-order valence-electron chi connectivity index (χ4n) is 1.02. The molecule has 0 saturated heterocycles. The fourth-order valence-corrected chi connectivity index (χ4v) is 1.54. The van der Waals surface area contributed by atoms with Gasteiger partial charge in [0.05, 0.1) is 11.0 Å². The second kappa shape index (κ2) is 6.12. The van der Waals surface area contributed by atoms with E-state index in [4.69, 9.17) is 9.88 Å². The minimum Gasteiger partial charge on any atom is -0.491 e. The van der Waals surface area contributed by atoms with Gasteiger partial charge in [0.1, 0.15) is 5.75 Å². The normalized spacial score (nSPS) is 12.7. The van der Waals surface area contributed by atoms with Crippen LogP contribution < -0.4 is 9.88 Å². The van der Waals surface area contributed by atoms with Crippen molar-refractivity contribution >= 4 is 23.5 Å². The zero-order chi connectivity index (χ0) is 11.5. The van der Waals surface area contributed by atoms with E-state index in [0.29, 0.717) is 5.75 Å². The zero-order valence-electron chi connectivity index (χ0n) is 9.30. The van der Waals surface area contributed by atoms with Crippen molar-refractivity contribution in [2.75, 3.05) is 0 Å². The Kier molecular flexibility index (Phi) is 5.85. The summed E-state index contributed by atoms with van der Waals surface area (Å²) in [7, 11) is -3.61. The van der Waals surface area contributed by atoms with E-state index >= 15 is 0 Å². The number of primary sulfonamides is 1. The van der Waals surface area contributed by atoms with Crippen LogP contribution in [0.1, 0.15) is 20.3 Å². The number of nitrogens with two attached hydrogens (primary N) is 1. The van der Waals surface area contributed by atoms with Crippen LogP contribution in [0.5, 0.6) is 5.75 Å². The van der Waals surface area contributed by atoms with Crippen molar-refractivity contribution in [2.24, 2.45) is 5.14 Å². The second-order valence-corrected chi connectivity index (χ2v) is 4.91. The lowest BCUT2D eigenvalue weighted by Crippen LogP contribution is -2.12. The molecule has 0 aromatic heterocycles. The number of hydrogen-bond donors (Lipinski definition) is 1. The summed E-state index contributed by atoms with van der Waals surface area (Å²) in [5.74, 6) is 0.650. The first-order chi connectivity index (χ1) is 6.93. The van der Waals surface area contributed by atoms with Crippen molar-refractivity contribution in [1.29, 1.82) is 0 Å². The van der Waals surface area contributed by atoms with Gasteiger partial charge in [0.2, 0.25) is 10.0 Å². The van der Waals surface area contributed by atoms with Gasteiger partial charge >= 0.3 is 0 Å². The van der Waals surface area contributed by atoms with Crippen LogP contribution in [0.15, 0.2) is 29.2 Å². The molecule has 0 radical (unpaired) electrons. The molecule has 0 aliphatic rings. The molecule has 1 atom stereocenters. The molecule has 16 heavy (non-hydrogen) atoms. The van der Waals surface area contributed by atoms with Crippen LogP contribution in [0.4, 0.5) is 0 Å². The van der Waals surface area contributed by atoms with Crippen molar-refractivity contribution in [1.82, 2.24) is 0 Å². The monoisotopic (exact) mass is 263 g/mol. The van der Waals surface area contributed by atoms with E-state index in [9.17, 15) is 8.42 Å². The van der Waals surface area contributed by atoms with Crippen molar-refractivity contribution < 1.29 is 13.2 Å². The molecule has 1 rings (SSSR count). The maximum absolute atomic E-state index is 11.0. The van der Waals surface area contributed by atoms with E-state index in [1.165, 1.54) is 12.1 Å². The summed E-state index contributed by atoms with van der Waals surface area (Å²) in [5, 5.41) is 4.97. The highest BCUT2D eigenvalue weighted by Gasteiger charge is 2.07. The first kappa shape index (κ1) is 15.3. The Morgan fingerprint density at radius 1 is 1.31 bits per heavy atom. The topological polar surface area (TPSA) is 69.4 Å². The third-order valence-electron chi connectivity index (χ3n) is 2.06. The molecule has 0 aliphatic carbocycles. The molecule has 6 heteroatoms. The first-order valence-electron chi connectivity index (χ1n) is 4.73. The first-order valence-corrected chi connectivity index (χ1v) is 6.27. The Morgan fingerprint density at radius 2 is 1.81 bits per heavy atom. The predicted octanol–water partition coefficient (Wildman–Crippen LogP) is 1.62. The third kappa shape index (κ3) is 4.42. The highest BCUT2D eigenvalue weighted by atomic mass is 32.2. The van der Waals surface area contributed by atoms with E-state index in [1.807, 2.05) is 13.8 Å². The van der Waals surface area contributed by atoms with Gasteiger partial charge in [-0.15, -0.1) is 0 Å². The Hall–Kier alpha value is -0.720. The van der Waals surface area contributed by atoms with Gasteiger partial charge in [0.15, 0.2) is 0 Å². The van der Waals surface area contributed by atoms with Gasteiger partial charge in [-0.05, 0) is 37.6 Å². The molecular weight excluding hydrogens is 246 g/mol. The van der Waals surface area contributed by atoms with Crippen LogP contribution in [-0.4, -0.2) is 14.5 Å². The number of hydrogen-bond acceptors (Lipinski definition) is 3. The van der Waals surface area contributed by atoms with Gasteiger partial charge in [0.25, 0.3) is 0 Å². The molecule has 0 unspecified atom stereocenters. The minimum atomic E-state index is -3.61. The Labute approximate surface area is 103 Å². The molecule has 4 nitrogen and oxygen atoms in total. The summed E-state index contributed by atoms with van der Waals surface area (Å²) in [6.45, 7) is 3.97. The molecule has 0 saturated carbocycles. The van der Waals surface area contributed by atoms with E-state index < -0.39 is 10.0 Å². The molecule has 0 spiro atoms. The van der Waals surface area contributed by atoms with E-state index in [2.05, 4.69) is 0 Å². The summed E-state index contributed by atoms with van der Waals surface area (Å²) >= 11 is 0. The largest absolute Gasteiger partial charge is 0.491 e. The summed E-state index contributed by atoms with van der Waals surface area (Å²) in [6.07, 6.45) is 1.02. The highest BCUT2D eigenvalue weighted by molar-refractivity contribution is 7.89. The smallest absolute Gasteiger partial charge is 0.238 e. The highest BCUT2D eigenvalue weighted by Crippen LogP contribution is 2.16. The summed E-state index contributed by atoms with van der Waals surface area (Å²) in [5.41, 5.74) is 0. The predicted molar refractivity (Wildman–Crippen MR) is 68.6 cm³/mol. The number of rotatable bonds is 4. The van der Waals surface area contributed by atoms with Crippen LogP contribution in [-0.2, 0) is 10.0 Å². The number of sulfonamides is 1. The summed E-state index contributed by atoms with van der Waals surface area (Å²) in [6, 6.07) is 6.08. The lowest BCUT2D eigenvalue weighted by atomic mass is 10.3. The second-order valence-electron chi connectivity index (χ2n) is 3.35. The van der Waals surface area contributed by atoms with E-state index in [1.54, 1.807) is 12.1 Å². The summed E-state index contributed by atoms with van der Waals surface area (Å²) in [4.78, 5) is 0.0963. The van der Waals surface area contributed by atoms with Crippen molar-refractivity contribution in [3.8, 4) is 5.75 Å². The van der Waals surface area contributed by atoms with Gasteiger partial charge in [-0.2, -0.15) is 13.5 Å². The van der Waals surface area contributed by atoms with Crippen LogP contribution >= 0.6 is 13.5 Å². The molecule has 0 fully saturated rings. The average molecular weight is 263 g/mol. The fraction of sp³-hybridized carbons (Fsp3) is 0.400. The number of ether oxygens (including phenoxy) is 1. The minimum absolute atomic E-state index is 0. The van der Waals surface area contributed by atoms with Crippen molar-refractivity contribution in [2.45, 2.75) is 31.3 Å². The molecular formula is C10H17NO3S2. The molecule has 92 valence electrons. The van der Waals surface area contributed by atoms with Gasteiger partial charge in [-0.25, -0.2) is 13.6 Å². The molecule has 0 amide bonds. The molecule has 1 aromatic carbocycles. The molecule has 0 bridgehead atoms. The molecule has 0 aliphatic heterocycles. The quantitative estimate of drug-likeness (QED) is 0.897. The zero-order valence-corrected chi connectivity index (χ0v) is 11.1. The Bertz CT molecular complexity index is 414. The maximum atomic E-state index is 11.0. The standard InChI is InChI=1S/C10H15NO3S.H2S/c1-3-8(2)14-9-4-6-10(7-5-9)15(11,12)13;/h4-8H,3H2,1-2H3,(H2,11,12,13);1H2/t8-;/m0./s1.